The summed E-state index contributed by atoms with van der Waals surface area (Å²) in [5, 5.41) is 17.3. The van der Waals surface area contributed by atoms with E-state index in [4.69, 9.17) is 5.11 Å². The van der Waals surface area contributed by atoms with Gasteiger partial charge in [0.25, 0.3) is 0 Å². The minimum atomic E-state index is -1.17. The van der Waals surface area contributed by atoms with Crippen molar-refractivity contribution in [1.82, 2.24) is 20.9 Å². The van der Waals surface area contributed by atoms with Crippen LogP contribution in [0.5, 0.6) is 0 Å². The van der Waals surface area contributed by atoms with Crippen LogP contribution < -0.4 is 16.0 Å². The Balaban J connectivity index is 1.74. The minimum absolute atomic E-state index is 0.0266. The molecule has 9 nitrogen and oxygen atoms in total. The average Bonchev–Trinajstić information content (AvgIpc) is 3.20. The summed E-state index contributed by atoms with van der Waals surface area (Å²) in [6.07, 6.45) is 1.16. The summed E-state index contributed by atoms with van der Waals surface area (Å²) >= 11 is 0. The zero-order valence-corrected chi connectivity index (χ0v) is 15.4. The molecule has 0 bridgehead atoms. The van der Waals surface area contributed by atoms with Gasteiger partial charge in [-0.3, -0.25) is 19.2 Å². The van der Waals surface area contributed by atoms with E-state index in [1.54, 1.807) is 0 Å². The number of piperazine rings is 1. The van der Waals surface area contributed by atoms with Gasteiger partial charge in [-0.25, -0.2) is 0 Å². The Labute approximate surface area is 162 Å². The normalized spacial score (nSPS) is 24.7. The van der Waals surface area contributed by atoms with Gasteiger partial charge >= 0.3 is 5.97 Å². The third-order valence-corrected chi connectivity index (χ3v) is 5.00. The van der Waals surface area contributed by atoms with Crippen molar-refractivity contribution in [2.24, 2.45) is 0 Å². The number of carbonyl (C=O) groups is 4. The van der Waals surface area contributed by atoms with Crippen LogP contribution in [0, 0.1) is 0 Å². The number of aliphatic carboxylic acids is 1. The Morgan fingerprint density at radius 2 is 1.96 bits per heavy atom. The lowest BCUT2D eigenvalue weighted by molar-refractivity contribution is -0.153. The second-order valence-corrected chi connectivity index (χ2v) is 7.02. The highest BCUT2D eigenvalue weighted by Crippen LogP contribution is 2.16. The molecule has 3 atom stereocenters. The Hall–Kier alpha value is -2.94. The highest BCUT2D eigenvalue weighted by atomic mass is 16.4. The SMILES string of the molecule is O=C(O)C[C@@H]1NC(=O)[C@@H](CNC(=O)[C@@H]2CCCN2)N(Cc2ccccc2)C1=O. The van der Waals surface area contributed by atoms with Crippen LogP contribution in [0.4, 0.5) is 0 Å². The Bertz CT molecular complexity index is 748. The molecule has 0 aromatic heterocycles. The van der Waals surface area contributed by atoms with Gasteiger partial charge in [-0.2, -0.15) is 0 Å². The maximum absolute atomic E-state index is 12.8. The molecule has 2 aliphatic rings. The van der Waals surface area contributed by atoms with Crippen LogP contribution in [0.3, 0.4) is 0 Å². The van der Waals surface area contributed by atoms with E-state index in [1.165, 1.54) is 4.90 Å². The van der Waals surface area contributed by atoms with Gasteiger partial charge in [0, 0.05) is 13.1 Å². The molecule has 150 valence electrons. The number of amides is 3. The first-order valence-corrected chi connectivity index (χ1v) is 9.33. The van der Waals surface area contributed by atoms with Gasteiger partial charge in [0.1, 0.15) is 12.1 Å². The van der Waals surface area contributed by atoms with E-state index in [0.717, 1.165) is 24.9 Å². The van der Waals surface area contributed by atoms with E-state index in [2.05, 4.69) is 16.0 Å². The van der Waals surface area contributed by atoms with Gasteiger partial charge < -0.3 is 26.0 Å². The van der Waals surface area contributed by atoms with Crippen LogP contribution in [-0.2, 0) is 25.7 Å². The molecule has 0 spiro atoms. The first-order chi connectivity index (χ1) is 13.5. The number of carboxylic acid groups (broad SMARTS) is 1. The van der Waals surface area contributed by atoms with Crippen LogP contribution in [-0.4, -0.2) is 64.9 Å². The number of benzene rings is 1. The second-order valence-electron chi connectivity index (χ2n) is 7.02. The van der Waals surface area contributed by atoms with Crippen molar-refractivity contribution in [3.8, 4) is 0 Å². The van der Waals surface area contributed by atoms with Crippen molar-refractivity contribution in [3.05, 3.63) is 35.9 Å². The quantitative estimate of drug-likeness (QED) is 0.485. The number of nitrogens with one attached hydrogen (secondary N) is 3. The third kappa shape index (κ3) is 4.66. The predicted octanol–water partition coefficient (Wildman–Crippen LogP) is -0.775. The standard InChI is InChI=1S/C19H24N4O5/c24-16(25)9-14-19(28)23(11-12-5-2-1-3-6-12)15(18(27)22-14)10-21-17(26)13-7-4-8-20-13/h1-3,5-6,13-15,20H,4,7-11H2,(H,21,26)(H,22,27)(H,24,25)/t13-,14-,15+/m0/s1. The number of hydrogen-bond donors (Lipinski definition) is 4. The number of carbonyl (C=O) groups excluding carboxylic acids is 3. The minimum Gasteiger partial charge on any atom is -0.481 e. The monoisotopic (exact) mass is 388 g/mol. The van der Waals surface area contributed by atoms with Crippen molar-refractivity contribution in [3.63, 3.8) is 0 Å². The van der Waals surface area contributed by atoms with Gasteiger partial charge in [0.15, 0.2) is 0 Å². The fourth-order valence-electron chi connectivity index (χ4n) is 3.54. The predicted molar refractivity (Wildman–Crippen MR) is 99.0 cm³/mol. The van der Waals surface area contributed by atoms with Crippen LogP contribution in [0.1, 0.15) is 24.8 Å². The molecule has 0 saturated carbocycles. The van der Waals surface area contributed by atoms with Crippen molar-refractivity contribution in [2.75, 3.05) is 13.1 Å². The topological polar surface area (TPSA) is 128 Å². The molecule has 2 saturated heterocycles. The molecule has 3 amide bonds. The van der Waals surface area contributed by atoms with E-state index in [9.17, 15) is 19.2 Å². The molecule has 2 fully saturated rings. The molecule has 9 heteroatoms. The van der Waals surface area contributed by atoms with Gasteiger partial charge in [-0.1, -0.05) is 30.3 Å². The lowest BCUT2D eigenvalue weighted by atomic mass is 10.0. The lowest BCUT2D eigenvalue weighted by Gasteiger charge is -2.38. The number of hydrogen-bond acceptors (Lipinski definition) is 5. The van der Waals surface area contributed by atoms with Gasteiger partial charge in [0.2, 0.25) is 17.7 Å². The summed E-state index contributed by atoms with van der Waals surface area (Å²) in [5.41, 5.74) is 0.813. The molecule has 1 aromatic rings. The summed E-state index contributed by atoms with van der Waals surface area (Å²) in [7, 11) is 0. The maximum atomic E-state index is 12.8. The fourth-order valence-corrected chi connectivity index (χ4v) is 3.54. The Kier molecular flexibility index (Phi) is 6.25. The first-order valence-electron chi connectivity index (χ1n) is 9.33. The third-order valence-electron chi connectivity index (χ3n) is 5.00. The summed E-state index contributed by atoms with van der Waals surface area (Å²) in [6, 6.07) is 6.83. The molecule has 0 aliphatic carbocycles. The first kappa shape index (κ1) is 19.8. The van der Waals surface area contributed by atoms with Gasteiger partial charge in [-0.15, -0.1) is 0 Å². The van der Waals surface area contributed by atoms with Crippen molar-refractivity contribution < 1.29 is 24.3 Å². The highest BCUT2D eigenvalue weighted by molar-refractivity contribution is 5.99. The molecule has 4 N–H and O–H groups in total. The van der Waals surface area contributed by atoms with Crippen LogP contribution in [0.25, 0.3) is 0 Å². The van der Waals surface area contributed by atoms with Crippen molar-refractivity contribution in [2.45, 2.75) is 43.9 Å². The highest BCUT2D eigenvalue weighted by Gasteiger charge is 2.41. The van der Waals surface area contributed by atoms with Crippen LogP contribution in [0.2, 0.25) is 0 Å². The maximum Gasteiger partial charge on any atom is 0.305 e. The van der Waals surface area contributed by atoms with Crippen molar-refractivity contribution in [1.29, 1.82) is 0 Å². The van der Waals surface area contributed by atoms with Gasteiger partial charge in [0.05, 0.1) is 12.5 Å². The smallest absolute Gasteiger partial charge is 0.305 e. The summed E-state index contributed by atoms with van der Waals surface area (Å²) in [6.45, 7) is 0.907. The van der Waals surface area contributed by atoms with E-state index in [1.807, 2.05) is 30.3 Å². The molecule has 0 unspecified atom stereocenters. The van der Waals surface area contributed by atoms with Gasteiger partial charge in [-0.05, 0) is 24.9 Å². The summed E-state index contributed by atoms with van der Waals surface area (Å²) in [5.74, 6) is -2.31. The van der Waals surface area contributed by atoms with Crippen LogP contribution in [0.15, 0.2) is 30.3 Å². The van der Waals surface area contributed by atoms with E-state index in [0.29, 0.717) is 0 Å². The average molecular weight is 388 g/mol. The van der Waals surface area contributed by atoms with E-state index < -0.39 is 36.3 Å². The summed E-state index contributed by atoms with van der Waals surface area (Å²) in [4.78, 5) is 50.1. The molecule has 1 aromatic carbocycles. The molecular formula is C19H24N4O5. The number of rotatable bonds is 7. The number of carboxylic acids is 1. The summed E-state index contributed by atoms with van der Waals surface area (Å²) < 4.78 is 0. The Morgan fingerprint density at radius 1 is 1.21 bits per heavy atom. The number of nitrogens with zero attached hydrogens (tertiary/aromatic N) is 1. The molecular weight excluding hydrogens is 364 g/mol. The second kappa shape index (κ2) is 8.83. The Morgan fingerprint density at radius 3 is 2.61 bits per heavy atom. The fraction of sp³-hybridized carbons (Fsp3) is 0.474. The lowest BCUT2D eigenvalue weighted by Crippen LogP contribution is -2.66. The zero-order valence-electron chi connectivity index (χ0n) is 15.4. The molecule has 28 heavy (non-hydrogen) atoms. The van der Waals surface area contributed by atoms with E-state index >= 15 is 0 Å². The largest absolute Gasteiger partial charge is 0.481 e. The molecule has 3 rings (SSSR count). The molecule has 2 aliphatic heterocycles. The van der Waals surface area contributed by atoms with Crippen molar-refractivity contribution >= 4 is 23.7 Å². The molecule has 0 radical (unpaired) electrons. The van der Waals surface area contributed by atoms with Crippen LogP contribution >= 0.6 is 0 Å². The molecule has 2 heterocycles. The zero-order chi connectivity index (χ0) is 20.1. The van der Waals surface area contributed by atoms with E-state index in [-0.39, 0.29) is 25.0 Å².